The normalized spacial score (nSPS) is 43.9. The van der Waals surface area contributed by atoms with E-state index < -0.39 is 11.0 Å². The van der Waals surface area contributed by atoms with Crippen LogP contribution in [0, 0.1) is 28.1 Å². The van der Waals surface area contributed by atoms with E-state index in [1.807, 2.05) is 0 Å². The predicted molar refractivity (Wildman–Crippen MR) is 116 cm³/mol. The first-order valence-electron chi connectivity index (χ1n) is 11.0. The summed E-state index contributed by atoms with van der Waals surface area (Å²) in [5.41, 5.74) is 3.22. The van der Waals surface area contributed by atoms with Crippen molar-refractivity contribution in [2.45, 2.75) is 58.4 Å². The van der Waals surface area contributed by atoms with Crippen LogP contribution in [0.15, 0.2) is 48.0 Å². The minimum atomic E-state index is -0.585. The van der Waals surface area contributed by atoms with Crippen LogP contribution in [0.2, 0.25) is 0 Å². The quantitative estimate of drug-likeness (QED) is 0.663. The van der Waals surface area contributed by atoms with Crippen LogP contribution >= 0.6 is 0 Å². The number of carbonyl (C=O) groups is 1. The topological polar surface area (TPSA) is 41.5 Å². The molecule has 150 valence electrons. The number of hydrogen-bond donors (Lipinski definition) is 1. The molecule has 2 aliphatic heterocycles. The lowest BCUT2D eigenvalue weighted by atomic mass is 9.40. The number of aliphatic imine (C=N–C) groups is 1. The van der Waals surface area contributed by atoms with Crippen LogP contribution in [0.5, 0.6) is 0 Å². The second kappa shape index (κ2) is 4.61. The van der Waals surface area contributed by atoms with Gasteiger partial charge in [0.25, 0.3) is 0 Å². The second-order valence-corrected chi connectivity index (χ2v) is 11.3. The van der Waals surface area contributed by atoms with E-state index in [2.05, 4.69) is 82.9 Å². The number of carbonyl (C=O) groups excluding carboxylic acids is 1. The van der Waals surface area contributed by atoms with Gasteiger partial charge in [0, 0.05) is 22.3 Å². The van der Waals surface area contributed by atoms with Crippen LogP contribution in [0.1, 0.15) is 58.6 Å². The van der Waals surface area contributed by atoms with E-state index in [0.29, 0.717) is 5.92 Å². The van der Waals surface area contributed by atoms with Gasteiger partial charge in [-0.3, -0.25) is 9.79 Å². The van der Waals surface area contributed by atoms with E-state index in [1.165, 1.54) is 11.1 Å². The summed E-state index contributed by atoms with van der Waals surface area (Å²) in [6, 6.07) is 6.56. The van der Waals surface area contributed by atoms with E-state index >= 15 is 0 Å². The molecular weight excluding hydrogens is 356 g/mol. The number of benzene rings is 1. The number of nitrogens with one attached hydrogen (secondary N) is 1. The zero-order valence-electron chi connectivity index (χ0n) is 18.1. The van der Waals surface area contributed by atoms with Crippen molar-refractivity contribution >= 4 is 17.3 Å². The Morgan fingerprint density at radius 2 is 1.93 bits per heavy atom. The van der Waals surface area contributed by atoms with Gasteiger partial charge < -0.3 is 5.32 Å². The molecule has 1 saturated heterocycles. The van der Waals surface area contributed by atoms with E-state index in [-0.39, 0.29) is 28.1 Å². The second-order valence-electron chi connectivity index (χ2n) is 11.3. The summed E-state index contributed by atoms with van der Waals surface area (Å²) in [6.45, 7) is 15.7. The fourth-order valence-electron chi connectivity index (χ4n) is 7.93. The minimum absolute atomic E-state index is 0.00709. The largest absolute Gasteiger partial charge is 0.340 e. The third-order valence-electron chi connectivity index (χ3n) is 9.45. The molecule has 3 nitrogen and oxygen atoms in total. The standard InChI is InChI=1S/C26H30N2O/c1-7-24(6)12-11-16-19-25(24)14-13-22(2,3)20-26(19,28-21(25)29)18-15(23(16,4)5)9-8-10-17(18)27-20/h7-10,13-14,16,19H,1,11-12H2,2-6H3,(H,28,29)/t16-,19+,24-,25-,26+/m1/s1. The monoisotopic (exact) mass is 386 g/mol. The number of hydrogen-bond acceptors (Lipinski definition) is 2. The summed E-state index contributed by atoms with van der Waals surface area (Å²) < 4.78 is 0. The summed E-state index contributed by atoms with van der Waals surface area (Å²) in [7, 11) is 0. The van der Waals surface area contributed by atoms with Crippen LogP contribution < -0.4 is 5.32 Å². The van der Waals surface area contributed by atoms with Crippen LogP contribution in [-0.2, 0) is 15.7 Å². The Labute approximate surface area is 173 Å². The number of allylic oxidation sites excluding steroid dienone is 2. The average Bonchev–Trinajstić information content (AvgIpc) is 3.12. The Bertz CT molecular complexity index is 1080. The fraction of sp³-hybridized carbons (Fsp3) is 0.538. The van der Waals surface area contributed by atoms with Crippen molar-refractivity contribution in [3.63, 3.8) is 0 Å². The van der Waals surface area contributed by atoms with Gasteiger partial charge in [-0.05, 0) is 35.8 Å². The van der Waals surface area contributed by atoms with Crippen molar-refractivity contribution in [3.8, 4) is 0 Å². The molecule has 2 heterocycles. The van der Waals surface area contributed by atoms with E-state index in [4.69, 9.17) is 4.99 Å². The number of nitrogens with zero attached hydrogens (tertiary/aromatic N) is 1. The molecule has 5 aliphatic rings. The molecule has 3 heteroatoms. The molecule has 0 aromatic heterocycles. The van der Waals surface area contributed by atoms with Crippen molar-refractivity contribution in [1.82, 2.24) is 5.32 Å². The maximum atomic E-state index is 14.0. The van der Waals surface area contributed by atoms with E-state index in [9.17, 15) is 4.79 Å². The molecule has 2 bridgehead atoms. The Kier molecular flexibility index (Phi) is 2.81. The summed E-state index contributed by atoms with van der Waals surface area (Å²) >= 11 is 0. The van der Waals surface area contributed by atoms with Gasteiger partial charge >= 0.3 is 0 Å². The maximum absolute atomic E-state index is 14.0. The van der Waals surface area contributed by atoms with Crippen LogP contribution in [0.4, 0.5) is 5.69 Å². The first-order chi connectivity index (χ1) is 13.6. The zero-order chi connectivity index (χ0) is 20.6. The first-order valence-corrected chi connectivity index (χ1v) is 11.0. The molecule has 5 atom stereocenters. The first kappa shape index (κ1) is 17.7. The van der Waals surface area contributed by atoms with Crippen molar-refractivity contribution in [1.29, 1.82) is 0 Å². The highest BCUT2D eigenvalue weighted by Crippen LogP contribution is 2.74. The molecule has 0 radical (unpaired) electrons. The third-order valence-corrected chi connectivity index (χ3v) is 9.45. The van der Waals surface area contributed by atoms with Crippen LogP contribution in [0.25, 0.3) is 0 Å². The zero-order valence-corrected chi connectivity index (χ0v) is 18.1. The lowest BCUT2D eigenvalue weighted by Gasteiger charge is -2.60. The van der Waals surface area contributed by atoms with Gasteiger partial charge in [-0.2, -0.15) is 0 Å². The summed E-state index contributed by atoms with van der Waals surface area (Å²) in [4.78, 5) is 19.2. The number of rotatable bonds is 1. The van der Waals surface area contributed by atoms with Crippen molar-refractivity contribution in [2.24, 2.45) is 33.1 Å². The van der Waals surface area contributed by atoms with Crippen LogP contribution in [-0.4, -0.2) is 11.6 Å². The van der Waals surface area contributed by atoms with Gasteiger partial charge in [0.15, 0.2) is 0 Å². The van der Waals surface area contributed by atoms with Gasteiger partial charge in [-0.15, -0.1) is 6.58 Å². The SMILES string of the molecule is C=C[C@]1(C)CC[C@@H]2[C@H]3[C@@]14C=CC(C)(C)C1=Nc5cccc(c5[C@@]13NC4=O)C2(C)C. The van der Waals surface area contributed by atoms with Crippen LogP contribution in [0.3, 0.4) is 0 Å². The molecule has 1 spiro atoms. The predicted octanol–water partition coefficient (Wildman–Crippen LogP) is 5.19. The molecule has 1 N–H and O–H groups in total. The molecular formula is C26H30N2O. The summed E-state index contributed by atoms with van der Waals surface area (Å²) in [5.74, 6) is 0.718. The molecule has 1 aromatic carbocycles. The Morgan fingerprint density at radius 3 is 2.66 bits per heavy atom. The Hall–Kier alpha value is -2.16. The van der Waals surface area contributed by atoms with Gasteiger partial charge in [0.2, 0.25) is 5.91 Å². The average molecular weight is 387 g/mol. The van der Waals surface area contributed by atoms with Gasteiger partial charge in [0.1, 0.15) is 5.54 Å². The summed E-state index contributed by atoms with van der Waals surface area (Å²) in [6.07, 6.45) is 8.68. The van der Waals surface area contributed by atoms with Crippen molar-refractivity contribution in [3.05, 3.63) is 54.1 Å². The molecule has 3 aliphatic carbocycles. The molecule has 0 unspecified atom stereocenters. The van der Waals surface area contributed by atoms with Gasteiger partial charge in [0.05, 0.1) is 16.8 Å². The molecule has 1 saturated carbocycles. The lowest BCUT2D eigenvalue weighted by molar-refractivity contribution is -0.136. The fourth-order valence-corrected chi connectivity index (χ4v) is 7.93. The smallest absolute Gasteiger partial charge is 0.232 e. The molecule has 6 rings (SSSR count). The highest BCUT2D eigenvalue weighted by Gasteiger charge is 2.78. The lowest BCUT2D eigenvalue weighted by Crippen LogP contribution is -2.63. The van der Waals surface area contributed by atoms with Gasteiger partial charge in [-0.25, -0.2) is 0 Å². The Balaban J connectivity index is 1.83. The molecule has 1 amide bonds. The van der Waals surface area contributed by atoms with Gasteiger partial charge in [-0.1, -0.05) is 65.0 Å². The maximum Gasteiger partial charge on any atom is 0.232 e. The van der Waals surface area contributed by atoms with Crippen molar-refractivity contribution in [2.75, 3.05) is 0 Å². The Morgan fingerprint density at radius 1 is 1.17 bits per heavy atom. The highest BCUT2D eigenvalue weighted by atomic mass is 16.2. The summed E-state index contributed by atoms with van der Waals surface area (Å²) in [5, 5.41) is 3.61. The molecule has 29 heavy (non-hydrogen) atoms. The third kappa shape index (κ3) is 1.53. The molecule has 2 fully saturated rings. The van der Waals surface area contributed by atoms with E-state index in [0.717, 1.165) is 24.2 Å². The highest BCUT2D eigenvalue weighted by molar-refractivity contribution is 6.13. The minimum Gasteiger partial charge on any atom is -0.340 e. The molecule has 1 aromatic rings. The van der Waals surface area contributed by atoms with Crippen molar-refractivity contribution < 1.29 is 4.79 Å². The number of amides is 1. The van der Waals surface area contributed by atoms with E-state index in [1.54, 1.807) is 0 Å².